The zero-order chi connectivity index (χ0) is 21.3. The highest BCUT2D eigenvalue weighted by Crippen LogP contribution is 2.35. The number of nitrogens with one attached hydrogen (secondary N) is 1. The summed E-state index contributed by atoms with van der Waals surface area (Å²) in [7, 11) is 1.63. The standard InChI is InChI=1S/C25H28N2O3/c1-4-17-6-5-7-21-22(17)15-27(25(21)29)20-12-9-18(10-13-20)24(28)26-19-11-8-16(2)23(14-19)30-3/h4-8,11,14,18,20H,1,9-10,12-13,15H2,2-3H3,(H,26,28). The molecule has 156 valence electrons. The van der Waals surface area contributed by atoms with Gasteiger partial charge in [-0.2, -0.15) is 0 Å². The highest BCUT2D eigenvalue weighted by atomic mass is 16.5. The number of nitrogens with zero attached hydrogens (tertiary/aromatic N) is 1. The van der Waals surface area contributed by atoms with Crippen molar-refractivity contribution in [3.63, 3.8) is 0 Å². The van der Waals surface area contributed by atoms with Crippen molar-refractivity contribution in [3.05, 3.63) is 65.2 Å². The third kappa shape index (κ3) is 3.72. The van der Waals surface area contributed by atoms with Crippen molar-refractivity contribution in [2.24, 2.45) is 5.92 Å². The molecule has 1 N–H and O–H groups in total. The van der Waals surface area contributed by atoms with Crippen LogP contribution in [-0.4, -0.2) is 29.9 Å². The second kappa shape index (κ2) is 8.34. The number of ether oxygens (including phenoxy) is 1. The predicted molar refractivity (Wildman–Crippen MR) is 119 cm³/mol. The highest BCUT2D eigenvalue weighted by Gasteiger charge is 2.36. The Kier molecular flexibility index (Phi) is 5.62. The molecule has 0 atom stereocenters. The van der Waals surface area contributed by atoms with Crippen molar-refractivity contribution in [1.82, 2.24) is 4.90 Å². The van der Waals surface area contributed by atoms with Gasteiger partial charge in [0, 0.05) is 35.8 Å². The molecule has 1 fully saturated rings. The van der Waals surface area contributed by atoms with E-state index in [9.17, 15) is 9.59 Å². The number of anilines is 1. The minimum Gasteiger partial charge on any atom is -0.496 e. The maximum atomic E-state index is 12.9. The number of hydrogen-bond donors (Lipinski definition) is 1. The van der Waals surface area contributed by atoms with Gasteiger partial charge in [-0.1, -0.05) is 30.9 Å². The molecule has 2 aromatic rings. The molecule has 2 aliphatic rings. The zero-order valence-electron chi connectivity index (χ0n) is 17.6. The van der Waals surface area contributed by atoms with Crippen LogP contribution in [-0.2, 0) is 11.3 Å². The average Bonchev–Trinajstić information content (AvgIpc) is 3.11. The van der Waals surface area contributed by atoms with E-state index in [2.05, 4.69) is 11.9 Å². The van der Waals surface area contributed by atoms with Crippen LogP contribution in [0.5, 0.6) is 5.75 Å². The number of rotatable bonds is 5. The molecule has 0 spiro atoms. The van der Waals surface area contributed by atoms with E-state index < -0.39 is 0 Å². The molecule has 1 saturated carbocycles. The van der Waals surface area contributed by atoms with Crippen LogP contribution in [0.2, 0.25) is 0 Å². The van der Waals surface area contributed by atoms with Crippen LogP contribution in [0, 0.1) is 12.8 Å². The quantitative estimate of drug-likeness (QED) is 0.779. The normalized spacial score (nSPS) is 20.6. The van der Waals surface area contributed by atoms with Gasteiger partial charge in [0.2, 0.25) is 5.91 Å². The Labute approximate surface area is 177 Å². The molecule has 1 aliphatic heterocycles. The van der Waals surface area contributed by atoms with E-state index >= 15 is 0 Å². The fourth-order valence-corrected chi connectivity index (χ4v) is 4.66. The summed E-state index contributed by atoms with van der Waals surface area (Å²) in [6.07, 6.45) is 5.08. The first kappa shape index (κ1) is 20.2. The van der Waals surface area contributed by atoms with E-state index in [1.807, 2.05) is 54.3 Å². The molecule has 0 unspecified atom stereocenters. The Balaban J connectivity index is 1.37. The topological polar surface area (TPSA) is 58.6 Å². The van der Waals surface area contributed by atoms with Crippen LogP contribution < -0.4 is 10.1 Å². The summed E-state index contributed by atoms with van der Waals surface area (Å²) >= 11 is 0. The van der Waals surface area contributed by atoms with Gasteiger partial charge in [0.1, 0.15) is 5.75 Å². The lowest BCUT2D eigenvalue weighted by atomic mass is 9.84. The van der Waals surface area contributed by atoms with Gasteiger partial charge in [-0.25, -0.2) is 0 Å². The van der Waals surface area contributed by atoms with E-state index in [0.29, 0.717) is 6.54 Å². The second-order valence-electron chi connectivity index (χ2n) is 8.19. The Hall–Kier alpha value is -3.08. The van der Waals surface area contributed by atoms with E-state index in [1.165, 1.54) is 0 Å². The summed E-state index contributed by atoms with van der Waals surface area (Å²) in [5.74, 6) is 0.887. The smallest absolute Gasteiger partial charge is 0.254 e. The lowest BCUT2D eigenvalue weighted by Gasteiger charge is -2.34. The van der Waals surface area contributed by atoms with Gasteiger partial charge >= 0.3 is 0 Å². The number of aryl methyl sites for hydroxylation is 1. The summed E-state index contributed by atoms with van der Waals surface area (Å²) < 4.78 is 5.34. The van der Waals surface area contributed by atoms with E-state index in [0.717, 1.165) is 59.4 Å². The number of hydrogen-bond acceptors (Lipinski definition) is 3. The maximum Gasteiger partial charge on any atom is 0.254 e. The Morgan fingerprint density at radius 2 is 1.97 bits per heavy atom. The average molecular weight is 405 g/mol. The number of fused-ring (bicyclic) bond motifs is 1. The Bertz CT molecular complexity index is 990. The van der Waals surface area contributed by atoms with Gasteiger partial charge in [0.05, 0.1) is 7.11 Å². The van der Waals surface area contributed by atoms with Crippen molar-refractivity contribution in [2.45, 2.75) is 45.2 Å². The van der Waals surface area contributed by atoms with E-state index in [4.69, 9.17) is 4.74 Å². The van der Waals surface area contributed by atoms with Crippen LogP contribution in [0.1, 0.15) is 52.7 Å². The van der Waals surface area contributed by atoms with Crippen molar-refractivity contribution in [3.8, 4) is 5.75 Å². The lowest BCUT2D eigenvalue weighted by Crippen LogP contribution is -2.40. The Morgan fingerprint density at radius 1 is 1.20 bits per heavy atom. The number of methoxy groups -OCH3 is 1. The number of carbonyl (C=O) groups is 2. The maximum absolute atomic E-state index is 12.9. The predicted octanol–water partition coefficient (Wildman–Crippen LogP) is 4.80. The fourth-order valence-electron chi connectivity index (χ4n) is 4.66. The van der Waals surface area contributed by atoms with Crippen LogP contribution >= 0.6 is 0 Å². The molecular formula is C25H28N2O3. The van der Waals surface area contributed by atoms with E-state index in [1.54, 1.807) is 7.11 Å². The molecule has 1 heterocycles. The first-order chi connectivity index (χ1) is 14.5. The SMILES string of the molecule is C=Cc1cccc2c1CN(C1CCC(C(=O)Nc3ccc(C)c(OC)c3)CC1)C2=O. The zero-order valence-corrected chi connectivity index (χ0v) is 17.6. The van der Waals surface area contributed by atoms with Gasteiger partial charge in [-0.15, -0.1) is 0 Å². The summed E-state index contributed by atoms with van der Waals surface area (Å²) in [6, 6.07) is 11.7. The second-order valence-corrected chi connectivity index (χ2v) is 8.19. The molecule has 30 heavy (non-hydrogen) atoms. The first-order valence-corrected chi connectivity index (χ1v) is 10.5. The minimum atomic E-state index is -0.0302. The largest absolute Gasteiger partial charge is 0.496 e. The van der Waals surface area contributed by atoms with Crippen molar-refractivity contribution < 1.29 is 14.3 Å². The molecule has 0 radical (unpaired) electrons. The summed E-state index contributed by atoms with van der Waals surface area (Å²) in [5, 5.41) is 3.03. The van der Waals surface area contributed by atoms with Crippen molar-refractivity contribution in [1.29, 1.82) is 0 Å². The molecule has 2 aromatic carbocycles. The monoisotopic (exact) mass is 404 g/mol. The lowest BCUT2D eigenvalue weighted by molar-refractivity contribution is -0.121. The van der Waals surface area contributed by atoms with Crippen molar-refractivity contribution >= 4 is 23.6 Å². The van der Waals surface area contributed by atoms with Crippen LogP contribution in [0.15, 0.2) is 43.0 Å². The number of carbonyl (C=O) groups excluding carboxylic acids is 2. The summed E-state index contributed by atoms with van der Waals surface area (Å²) in [4.78, 5) is 27.7. The molecule has 2 amide bonds. The number of benzene rings is 2. The molecule has 0 saturated heterocycles. The van der Waals surface area contributed by atoms with E-state index in [-0.39, 0.29) is 23.8 Å². The fraction of sp³-hybridized carbons (Fsp3) is 0.360. The number of amides is 2. The third-order valence-corrected chi connectivity index (χ3v) is 6.44. The van der Waals surface area contributed by atoms with Gasteiger partial charge in [0.15, 0.2) is 0 Å². The molecule has 1 aliphatic carbocycles. The van der Waals surface area contributed by atoms with Crippen LogP contribution in [0.3, 0.4) is 0 Å². The van der Waals surface area contributed by atoms with Gasteiger partial charge in [-0.3, -0.25) is 9.59 Å². The van der Waals surface area contributed by atoms with Gasteiger partial charge in [0.25, 0.3) is 5.91 Å². The third-order valence-electron chi connectivity index (χ3n) is 6.44. The molecular weight excluding hydrogens is 376 g/mol. The van der Waals surface area contributed by atoms with Gasteiger partial charge in [-0.05, 0) is 61.4 Å². The first-order valence-electron chi connectivity index (χ1n) is 10.5. The minimum absolute atomic E-state index is 0.0302. The molecule has 0 aromatic heterocycles. The molecule has 0 bridgehead atoms. The van der Waals surface area contributed by atoms with Crippen molar-refractivity contribution in [2.75, 3.05) is 12.4 Å². The van der Waals surface area contributed by atoms with Gasteiger partial charge < -0.3 is 15.0 Å². The molecule has 5 nitrogen and oxygen atoms in total. The highest BCUT2D eigenvalue weighted by molar-refractivity contribution is 5.99. The molecule has 4 rings (SSSR count). The summed E-state index contributed by atoms with van der Waals surface area (Å²) in [6.45, 7) is 6.48. The Morgan fingerprint density at radius 3 is 2.67 bits per heavy atom. The molecule has 5 heteroatoms. The van der Waals surface area contributed by atoms with Crippen LogP contribution in [0.4, 0.5) is 5.69 Å². The summed E-state index contributed by atoms with van der Waals surface area (Å²) in [5.41, 5.74) is 4.69. The van der Waals surface area contributed by atoms with Crippen LogP contribution in [0.25, 0.3) is 6.08 Å².